The number of benzene rings is 2. The van der Waals surface area contributed by atoms with Gasteiger partial charge in [-0.25, -0.2) is 4.21 Å². The molecule has 0 aliphatic carbocycles. The van der Waals surface area contributed by atoms with Gasteiger partial charge in [0.25, 0.3) is 0 Å². The van der Waals surface area contributed by atoms with Crippen molar-refractivity contribution in [3.05, 3.63) is 90.4 Å². The molecule has 0 spiro atoms. The summed E-state index contributed by atoms with van der Waals surface area (Å²) in [5.41, 5.74) is 1.74. The molecule has 0 saturated carbocycles. The van der Waals surface area contributed by atoms with Crippen LogP contribution in [0.25, 0.3) is 0 Å². The van der Waals surface area contributed by atoms with E-state index < -0.39 is 21.0 Å². The maximum absolute atomic E-state index is 12.8. The third-order valence-corrected chi connectivity index (χ3v) is 5.37. The Kier molecular flexibility index (Phi) is 4.71. The summed E-state index contributed by atoms with van der Waals surface area (Å²) in [6, 6.07) is 22.5. The van der Waals surface area contributed by atoms with Gasteiger partial charge in [0.05, 0.1) is 21.2 Å². The lowest BCUT2D eigenvalue weighted by Crippen LogP contribution is -2.24. The fourth-order valence-corrected chi connectivity index (χ4v) is 4.23. The molecule has 4 nitrogen and oxygen atoms in total. The van der Waals surface area contributed by atoms with Gasteiger partial charge in [0.2, 0.25) is 0 Å². The van der Waals surface area contributed by atoms with Crippen molar-refractivity contribution in [2.75, 3.05) is 11.6 Å². The summed E-state index contributed by atoms with van der Waals surface area (Å²) in [6.45, 7) is 0. The fraction of sp³-hybridized carbons (Fsp3) is 0.158. The first-order valence-electron chi connectivity index (χ1n) is 7.68. The quantitative estimate of drug-likeness (QED) is 0.674. The molecule has 2 aromatic carbocycles. The lowest BCUT2D eigenvalue weighted by Gasteiger charge is -2.28. The Labute approximate surface area is 142 Å². The van der Waals surface area contributed by atoms with Crippen LogP contribution in [0.2, 0.25) is 0 Å². The van der Waals surface area contributed by atoms with Crippen LogP contribution in [0, 0.1) is 4.78 Å². The molecule has 3 aromatic rings. The molecule has 0 amide bonds. The van der Waals surface area contributed by atoms with Crippen molar-refractivity contribution in [3.63, 3.8) is 0 Å². The molecule has 3 rings (SSSR count). The number of hydrogen-bond donors (Lipinski definition) is 2. The molecular weight excluding hydrogens is 320 g/mol. The topological polar surface area (TPSA) is 66.1 Å². The van der Waals surface area contributed by atoms with Crippen LogP contribution in [-0.2, 0) is 9.73 Å². The second-order valence-electron chi connectivity index (χ2n) is 5.74. The van der Waals surface area contributed by atoms with Crippen LogP contribution >= 0.6 is 0 Å². The number of para-hydroxylation sites is 1. The molecule has 0 bridgehead atoms. The SMILES string of the molecule is C[S@@](=N)(=O)[C@H](c1ccccc1)[C@@H](Nc1ccccc1)c1ccco1. The van der Waals surface area contributed by atoms with E-state index in [4.69, 9.17) is 9.20 Å². The normalized spacial score (nSPS) is 16.0. The van der Waals surface area contributed by atoms with Crippen molar-refractivity contribution in [2.24, 2.45) is 0 Å². The Balaban J connectivity index is 2.08. The maximum atomic E-state index is 12.8. The van der Waals surface area contributed by atoms with Crippen molar-refractivity contribution in [1.29, 1.82) is 4.78 Å². The van der Waals surface area contributed by atoms with E-state index in [9.17, 15) is 4.21 Å². The highest BCUT2D eigenvalue weighted by atomic mass is 32.2. The Morgan fingerprint density at radius 3 is 2.12 bits per heavy atom. The summed E-state index contributed by atoms with van der Waals surface area (Å²) >= 11 is 0. The molecule has 0 aliphatic rings. The largest absolute Gasteiger partial charge is 0.467 e. The zero-order valence-electron chi connectivity index (χ0n) is 13.4. The van der Waals surface area contributed by atoms with Gasteiger partial charge in [-0.2, -0.15) is 0 Å². The van der Waals surface area contributed by atoms with Crippen molar-refractivity contribution >= 4 is 15.4 Å². The summed E-state index contributed by atoms with van der Waals surface area (Å²) in [4.78, 5) is 0. The summed E-state index contributed by atoms with van der Waals surface area (Å²) in [5, 5.41) is 2.86. The smallest absolute Gasteiger partial charge is 0.127 e. The van der Waals surface area contributed by atoms with Gasteiger partial charge in [-0.05, 0) is 29.8 Å². The molecule has 1 aromatic heterocycles. The first-order chi connectivity index (χ1) is 11.6. The molecule has 5 heteroatoms. The van der Waals surface area contributed by atoms with Crippen molar-refractivity contribution in [3.8, 4) is 0 Å². The van der Waals surface area contributed by atoms with Gasteiger partial charge < -0.3 is 9.73 Å². The maximum Gasteiger partial charge on any atom is 0.127 e. The molecule has 0 fully saturated rings. The van der Waals surface area contributed by atoms with Crippen LogP contribution in [0.4, 0.5) is 5.69 Å². The van der Waals surface area contributed by atoms with Crippen molar-refractivity contribution < 1.29 is 8.63 Å². The summed E-state index contributed by atoms with van der Waals surface area (Å²) in [7, 11) is -2.89. The summed E-state index contributed by atoms with van der Waals surface area (Å²) < 4.78 is 26.7. The highest BCUT2D eigenvalue weighted by Gasteiger charge is 2.32. The number of rotatable bonds is 6. The second-order valence-corrected chi connectivity index (χ2v) is 8.05. The van der Waals surface area contributed by atoms with E-state index in [1.165, 1.54) is 6.26 Å². The first kappa shape index (κ1) is 16.3. The van der Waals surface area contributed by atoms with Gasteiger partial charge in [-0.15, -0.1) is 0 Å². The van der Waals surface area contributed by atoms with Crippen LogP contribution in [-0.4, -0.2) is 10.5 Å². The minimum atomic E-state index is -2.89. The zero-order valence-corrected chi connectivity index (χ0v) is 14.2. The average Bonchev–Trinajstić information content (AvgIpc) is 3.09. The van der Waals surface area contributed by atoms with Crippen molar-refractivity contribution in [1.82, 2.24) is 0 Å². The predicted octanol–water partition coefficient (Wildman–Crippen LogP) is 4.85. The number of nitrogens with one attached hydrogen (secondary N) is 2. The van der Waals surface area contributed by atoms with E-state index in [0.29, 0.717) is 5.76 Å². The molecule has 2 N–H and O–H groups in total. The van der Waals surface area contributed by atoms with E-state index in [0.717, 1.165) is 11.3 Å². The highest BCUT2D eigenvalue weighted by Crippen LogP contribution is 2.38. The molecule has 0 unspecified atom stereocenters. The van der Waals surface area contributed by atoms with Gasteiger partial charge in [0, 0.05) is 11.9 Å². The molecule has 0 radical (unpaired) electrons. The monoisotopic (exact) mass is 340 g/mol. The average molecular weight is 340 g/mol. The number of anilines is 1. The minimum absolute atomic E-state index is 0.403. The highest BCUT2D eigenvalue weighted by molar-refractivity contribution is 7.92. The minimum Gasteiger partial charge on any atom is -0.467 e. The van der Waals surface area contributed by atoms with E-state index in [1.54, 1.807) is 12.3 Å². The predicted molar refractivity (Wildman–Crippen MR) is 97.5 cm³/mol. The van der Waals surface area contributed by atoms with E-state index in [2.05, 4.69) is 5.32 Å². The van der Waals surface area contributed by atoms with Gasteiger partial charge >= 0.3 is 0 Å². The van der Waals surface area contributed by atoms with Crippen LogP contribution < -0.4 is 5.32 Å². The van der Waals surface area contributed by atoms with E-state index >= 15 is 0 Å². The second kappa shape index (κ2) is 6.93. The van der Waals surface area contributed by atoms with Crippen LogP contribution in [0.1, 0.15) is 22.6 Å². The van der Waals surface area contributed by atoms with Crippen LogP contribution in [0.15, 0.2) is 83.5 Å². The third kappa shape index (κ3) is 3.68. The van der Waals surface area contributed by atoms with Gasteiger partial charge in [-0.3, -0.25) is 4.78 Å². The lowest BCUT2D eigenvalue weighted by molar-refractivity contribution is 0.471. The third-order valence-electron chi connectivity index (χ3n) is 3.86. The fourth-order valence-electron chi connectivity index (χ4n) is 2.83. The van der Waals surface area contributed by atoms with Gasteiger partial charge in [-0.1, -0.05) is 48.5 Å². The van der Waals surface area contributed by atoms with Crippen LogP contribution in [0.5, 0.6) is 0 Å². The molecule has 0 saturated heterocycles. The summed E-state index contributed by atoms with van der Waals surface area (Å²) in [5.74, 6) is 0.662. The molecule has 24 heavy (non-hydrogen) atoms. The zero-order chi connectivity index (χ0) is 17.0. The van der Waals surface area contributed by atoms with Crippen LogP contribution in [0.3, 0.4) is 0 Å². The molecular formula is C19H20N2O2S. The van der Waals surface area contributed by atoms with Gasteiger partial charge in [0.15, 0.2) is 0 Å². The molecule has 1 heterocycles. The Bertz CT molecular complexity index is 860. The number of furan rings is 1. The molecule has 3 atom stereocenters. The molecule has 0 aliphatic heterocycles. The Morgan fingerprint density at radius 2 is 1.58 bits per heavy atom. The number of hydrogen-bond acceptors (Lipinski definition) is 4. The first-order valence-corrected chi connectivity index (χ1v) is 9.71. The standard InChI is InChI=1S/C19H20N2O2S/c1-24(20,22)19(15-9-4-2-5-10-15)18(17-13-8-14-23-17)21-16-11-6-3-7-12-16/h2-14,18-21H,1H3/t18-,19+,24+/m0/s1. The summed E-state index contributed by atoms with van der Waals surface area (Å²) in [6.07, 6.45) is 3.08. The van der Waals surface area contributed by atoms with E-state index in [-0.39, 0.29) is 0 Å². The lowest BCUT2D eigenvalue weighted by atomic mass is 10.0. The molecule has 124 valence electrons. The van der Waals surface area contributed by atoms with E-state index in [1.807, 2.05) is 66.7 Å². The Hall–Kier alpha value is -2.53. The van der Waals surface area contributed by atoms with Crippen molar-refractivity contribution in [2.45, 2.75) is 11.3 Å². The van der Waals surface area contributed by atoms with Gasteiger partial charge in [0.1, 0.15) is 11.8 Å². The Morgan fingerprint density at radius 1 is 0.958 bits per heavy atom.